The van der Waals surface area contributed by atoms with Gasteiger partial charge < -0.3 is 14.8 Å². The smallest absolute Gasteiger partial charge is 0.173 e. The molecule has 0 fully saturated rings. The van der Waals surface area contributed by atoms with E-state index in [9.17, 15) is 0 Å². The van der Waals surface area contributed by atoms with E-state index in [1.54, 1.807) is 14.2 Å². The molecule has 1 rings (SSSR count). The molecule has 84 valence electrons. The average molecular weight is 274 g/mol. The second kappa shape index (κ2) is 6.10. The highest BCUT2D eigenvalue weighted by Crippen LogP contribution is 2.23. The number of halogens is 1. The van der Waals surface area contributed by atoms with Crippen molar-refractivity contribution in [2.24, 2.45) is 0 Å². The molecule has 0 spiro atoms. The maximum Gasteiger partial charge on any atom is 0.173 e. The van der Waals surface area contributed by atoms with Crippen LogP contribution in [0.15, 0.2) is 22.7 Å². The molecule has 0 bridgehead atoms. The Kier molecular flexibility index (Phi) is 5.08. The number of aryl methyl sites for hydroxylation is 1. The Hall–Kier alpha value is -0.580. The van der Waals surface area contributed by atoms with E-state index in [4.69, 9.17) is 9.47 Å². The van der Waals surface area contributed by atoms with Crippen LogP contribution in [0, 0.1) is 6.92 Å². The summed E-state index contributed by atoms with van der Waals surface area (Å²) in [4.78, 5) is 0. The van der Waals surface area contributed by atoms with Gasteiger partial charge in [-0.2, -0.15) is 0 Å². The first-order valence-electron chi connectivity index (χ1n) is 4.73. The topological polar surface area (TPSA) is 30.5 Å². The molecule has 4 heteroatoms. The normalized spacial score (nSPS) is 10.7. The van der Waals surface area contributed by atoms with Gasteiger partial charge in [-0.25, -0.2) is 0 Å². The zero-order chi connectivity index (χ0) is 11.3. The molecule has 15 heavy (non-hydrogen) atoms. The first-order chi connectivity index (χ1) is 7.17. The summed E-state index contributed by atoms with van der Waals surface area (Å²) < 4.78 is 11.2. The molecular formula is C11H16BrNO2. The lowest BCUT2D eigenvalue weighted by molar-refractivity contribution is -0.0914. The predicted octanol–water partition coefficient (Wildman–Crippen LogP) is 2.79. The summed E-state index contributed by atoms with van der Waals surface area (Å²) in [6.07, 6.45) is -0.224. The third-order valence-corrected chi connectivity index (χ3v) is 2.77. The fraction of sp³-hybridized carbons (Fsp3) is 0.455. The predicted molar refractivity (Wildman–Crippen MR) is 65.2 cm³/mol. The quantitative estimate of drug-likeness (QED) is 0.837. The van der Waals surface area contributed by atoms with Gasteiger partial charge in [-0.05, 0) is 40.5 Å². The molecule has 1 N–H and O–H groups in total. The molecule has 0 aliphatic rings. The van der Waals surface area contributed by atoms with Gasteiger partial charge in [0.25, 0.3) is 0 Å². The number of methoxy groups -OCH3 is 2. The number of benzene rings is 1. The Bertz CT molecular complexity index is 313. The van der Waals surface area contributed by atoms with E-state index in [0.29, 0.717) is 6.54 Å². The molecule has 0 unspecified atom stereocenters. The number of hydrogen-bond acceptors (Lipinski definition) is 3. The first-order valence-corrected chi connectivity index (χ1v) is 5.52. The molecular weight excluding hydrogens is 258 g/mol. The van der Waals surface area contributed by atoms with Gasteiger partial charge in [0.05, 0.1) is 6.54 Å². The van der Waals surface area contributed by atoms with E-state index in [1.165, 1.54) is 5.56 Å². The van der Waals surface area contributed by atoms with Gasteiger partial charge in [0.2, 0.25) is 0 Å². The minimum absolute atomic E-state index is 0.224. The minimum atomic E-state index is -0.224. The van der Waals surface area contributed by atoms with Gasteiger partial charge in [-0.3, -0.25) is 0 Å². The third kappa shape index (κ3) is 3.81. The summed E-state index contributed by atoms with van der Waals surface area (Å²) in [5.74, 6) is 0. The molecule has 0 amide bonds. The summed E-state index contributed by atoms with van der Waals surface area (Å²) >= 11 is 3.50. The van der Waals surface area contributed by atoms with Crippen molar-refractivity contribution in [2.45, 2.75) is 13.2 Å². The molecule has 0 aliphatic carbocycles. The fourth-order valence-electron chi connectivity index (χ4n) is 1.22. The number of hydrogen-bond donors (Lipinski definition) is 1. The summed E-state index contributed by atoms with van der Waals surface area (Å²) in [7, 11) is 3.25. The maximum atomic E-state index is 5.08. The SMILES string of the molecule is COC(CNc1ccc(C)cc1Br)OC. The molecule has 0 aliphatic heterocycles. The molecule has 1 aromatic rings. The van der Waals surface area contributed by atoms with Crippen molar-refractivity contribution < 1.29 is 9.47 Å². The number of anilines is 1. The standard InChI is InChI=1S/C11H16BrNO2/c1-8-4-5-10(9(12)6-8)13-7-11(14-2)15-3/h4-6,11,13H,7H2,1-3H3. The van der Waals surface area contributed by atoms with Crippen molar-refractivity contribution in [2.75, 3.05) is 26.1 Å². The Morgan fingerprint density at radius 3 is 2.53 bits per heavy atom. The second-order valence-corrected chi connectivity index (χ2v) is 4.12. The molecule has 3 nitrogen and oxygen atoms in total. The molecule has 0 saturated heterocycles. The molecule has 1 aromatic carbocycles. The summed E-state index contributed by atoms with van der Waals surface area (Å²) in [5.41, 5.74) is 2.27. The maximum absolute atomic E-state index is 5.08. The van der Waals surface area contributed by atoms with E-state index in [2.05, 4.69) is 40.3 Å². The highest BCUT2D eigenvalue weighted by molar-refractivity contribution is 9.10. The summed E-state index contributed by atoms with van der Waals surface area (Å²) in [5, 5.41) is 3.25. The average Bonchev–Trinajstić information content (AvgIpc) is 2.22. The van der Waals surface area contributed by atoms with Crippen LogP contribution in [-0.4, -0.2) is 27.1 Å². The third-order valence-electron chi connectivity index (χ3n) is 2.11. The van der Waals surface area contributed by atoms with Crippen molar-refractivity contribution in [3.05, 3.63) is 28.2 Å². The van der Waals surface area contributed by atoms with Crippen LogP contribution < -0.4 is 5.32 Å². The van der Waals surface area contributed by atoms with Crippen LogP contribution >= 0.6 is 15.9 Å². The van der Waals surface area contributed by atoms with E-state index in [0.717, 1.165) is 10.2 Å². The van der Waals surface area contributed by atoms with Crippen LogP contribution in [-0.2, 0) is 9.47 Å². The van der Waals surface area contributed by atoms with Crippen molar-refractivity contribution in [3.8, 4) is 0 Å². The monoisotopic (exact) mass is 273 g/mol. The van der Waals surface area contributed by atoms with Crippen LogP contribution in [0.4, 0.5) is 5.69 Å². The second-order valence-electron chi connectivity index (χ2n) is 3.27. The van der Waals surface area contributed by atoms with Crippen LogP contribution in [0.3, 0.4) is 0 Å². The van der Waals surface area contributed by atoms with Gasteiger partial charge in [0.15, 0.2) is 6.29 Å². The molecule has 0 atom stereocenters. The lowest BCUT2D eigenvalue weighted by atomic mass is 10.2. The summed E-state index contributed by atoms with van der Waals surface area (Å²) in [6, 6.07) is 6.15. The highest BCUT2D eigenvalue weighted by atomic mass is 79.9. The number of ether oxygens (including phenoxy) is 2. The lowest BCUT2D eigenvalue weighted by Crippen LogP contribution is -2.23. The van der Waals surface area contributed by atoms with E-state index >= 15 is 0 Å². The van der Waals surface area contributed by atoms with Gasteiger partial charge in [0.1, 0.15) is 0 Å². The van der Waals surface area contributed by atoms with E-state index < -0.39 is 0 Å². The summed E-state index contributed by atoms with van der Waals surface area (Å²) in [6.45, 7) is 2.68. The Balaban J connectivity index is 2.57. The van der Waals surface area contributed by atoms with Crippen molar-refractivity contribution in [3.63, 3.8) is 0 Å². The largest absolute Gasteiger partial charge is 0.379 e. The molecule has 0 aromatic heterocycles. The number of rotatable bonds is 5. The van der Waals surface area contributed by atoms with Gasteiger partial charge >= 0.3 is 0 Å². The van der Waals surface area contributed by atoms with Crippen molar-refractivity contribution in [1.82, 2.24) is 0 Å². The van der Waals surface area contributed by atoms with Crippen LogP contribution in [0.2, 0.25) is 0 Å². The Morgan fingerprint density at radius 2 is 2.00 bits per heavy atom. The molecule has 0 heterocycles. The van der Waals surface area contributed by atoms with E-state index in [1.807, 2.05) is 6.07 Å². The minimum Gasteiger partial charge on any atom is -0.379 e. The van der Waals surface area contributed by atoms with Crippen LogP contribution in [0.5, 0.6) is 0 Å². The van der Waals surface area contributed by atoms with Gasteiger partial charge in [-0.1, -0.05) is 6.07 Å². The van der Waals surface area contributed by atoms with Gasteiger partial charge in [0, 0.05) is 24.4 Å². The van der Waals surface area contributed by atoms with Gasteiger partial charge in [-0.15, -0.1) is 0 Å². The number of nitrogens with one attached hydrogen (secondary N) is 1. The Labute approximate surface area is 98.9 Å². The highest BCUT2D eigenvalue weighted by Gasteiger charge is 2.05. The van der Waals surface area contributed by atoms with Crippen molar-refractivity contribution >= 4 is 21.6 Å². The van der Waals surface area contributed by atoms with Crippen molar-refractivity contribution in [1.29, 1.82) is 0 Å². The van der Waals surface area contributed by atoms with Crippen LogP contribution in [0.25, 0.3) is 0 Å². The van der Waals surface area contributed by atoms with Crippen LogP contribution in [0.1, 0.15) is 5.56 Å². The lowest BCUT2D eigenvalue weighted by Gasteiger charge is -2.15. The van der Waals surface area contributed by atoms with E-state index in [-0.39, 0.29) is 6.29 Å². The zero-order valence-electron chi connectivity index (χ0n) is 9.21. The fourth-order valence-corrected chi connectivity index (χ4v) is 1.85. The molecule has 0 radical (unpaired) electrons. The Morgan fingerprint density at radius 1 is 1.33 bits per heavy atom. The molecule has 0 saturated carbocycles. The first kappa shape index (κ1) is 12.5. The zero-order valence-corrected chi connectivity index (χ0v) is 10.8.